The Hall–Kier alpha value is -2.68. The average Bonchev–Trinajstić information content (AvgIpc) is 2.55. The van der Waals surface area contributed by atoms with E-state index in [2.05, 4.69) is 25.8 Å². The van der Waals surface area contributed by atoms with Gasteiger partial charge in [0.05, 0.1) is 0 Å². The first-order valence-electron chi connectivity index (χ1n) is 7.17. The molecule has 3 rings (SSSR count). The number of nitriles is 1. The zero-order chi connectivity index (χ0) is 15.5. The van der Waals surface area contributed by atoms with Gasteiger partial charge in [0.25, 0.3) is 0 Å². The van der Waals surface area contributed by atoms with E-state index in [1.807, 2.05) is 6.92 Å². The Bertz CT molecular complexity index is 699. The maximum atomic E-state index is 13.0. The number of anilines is 2. The van der Waals surface area contributed by atoms with Gasteiger partial charge < -0.3 is 9.80 Å². The Kier molecular flexibility index (Phi) is 3.88. The smallest absolute Gasteiger partial charge is 0.226 e. The van der Waals surface area contributed by atoms with Crippen molar-refractivity contribution in [1.29, 1.82) is 5.26 Å². The molecule has 2 heterocycles. The first-order valence-corrected chi connectivity index (χ1v) is 7.17. The summed E-state index contributed by atoms with van der Waals surface area (Å²) >= 11 is 0. The molecule has 0 saturated carbocycles. The molecule has 0 atom stereocenters. The predicted octanol–water partition coefficient (Wildman–Crippen LogP) is 2.12. The molecule has 5 nitrogen and oxygen atoms in total. The van der Waals surface area contributed by atoms with Gasteiger partial charge in [0.2, 0.25) is 5.95 Å². The van der Waals surface area contributed by atoms with E-state index in [-0.39, 0.29) is 5.82 Å². The largest absolute Gasteiger partial charge is 0.368 e. The van der Waals surface area contributed by atoms with Gasteiger partial charge in [-0.3, -0.25) is 0 Å². The second kappa shape index (κ2) is 5.98. The Morgan fingerprint density at radius 1 is 1.05 bits per heavy atom. The highest BCUT2D eigenvalue weighted by atomic mass is 19.1. The molecule has 0 aliphatic carbocycles. The molecule has 1 aromatic heterocycles. The molecular weight excluding hydrogens is 281 g/mol. The summed E-state index contributed by atoms with van der Waals surface area (Å²) in [6.07, 6.45) is 0. The molecule has 0 amide bonds. The highest BCUT2D eigenvalue weighted by molar-refractivity contribution is 5.48. The second-order valence-electron chi connectivity index (χ2n) is 5.26. The molecule has 0 radical (unpaired) electrons. The standard InChI is InChI=1S/C16H16FN5/c1-12-10-14(11-18)20-16(19-12)22-8-6-21(7-9-22)15-4-2-13(17)3-5-15/h2-5,10H,6-9H2,1H3. The SMILES string of the molecule is Cc1cc(C#N)nc(N2CCN(c3ccc(F)cc3)CC2)n1. The lowest BCUT2D eigenvalue weighted by Gasteiger charge is -2.36. The predicted molar refractivity (Wildman–Crippen MR) is 82.3 cm³/mol. The zero-order valence-electron chi connectivity index (χ0n) is 12.3. The van der Waals surface area contributed by atoms with Crippen molar-refractivity contribution in [2.24, 2.45) is 0 Å². The summed E-state index contributed by atoms with van der Waals surface area (Å²) in [5.74, 6) is 0.384. The lowest BCUT2D eigenvalue weighted by molar-refractivity contribution is 0.623. The van der Waals surface area contributed by atoms with E-state index < -0.39 is 0 Å². The van der Waals surface area contributed by atoms with Gasteiger partial charge in [0.15, 0.2) is 0 Å². The van der Waals surface area contributed by atoms with Crippen molar-refractivity contribution in [3.8, 4) is 6.07 Å². The third-order valence-corrected chi connectivity index (χ3v) is 3.71. The summed E-state index contributed by atoms with van der Waals surface area (Å²) in [6.45, 7) is 5.02. The highest BCUT2D eigenvalue weighted by Crippen LogP contribution is 2.19. The van der Waals surface area contributed by atoms with Crippen LogP contribution in [0.3, 0.4) is 0 Å². The number of aryl methyl sites for hydroxylation is 1. The fourth-order valence-electron chi connectivity index (χ4n) is 2.57. The summed E-state index contributed by atoms with van der Waals surface area (Å²) in [6, 6.07) is 10.3. The van der Waals surface area contributed by atoms with Crippen LogP contribution in [0.1, 0.15) is 11.4 Å². The lowest BCUT2D eigenvalue weighted by atomic mass is 10.2. The Morgan fingerprint density at radius 3 is 2.32 bits per heavy atom. The van der Waals surface area contributed by atoms with Crippen molar-refractivity contribution in [2.45, 2.75) is 6.92 Å². The molecule has 1 aliphatic rings. The van der Waals surface area contributed by atoms with Crippen molar-refractivity contribution in [1.82, 2.24) is 9.97 Å². The summed E-state index contributed by atoms with van der Waals surface area (Å²) in [5.41, 5.74) is 2.20. The highest BCUT2D eigenvalue weighted by Gasteiger charge is 2.20. The molecule has 0 N–H and O–H groups in total. The number of halogens is 1. The molecule has 2 aromatic rings. The summed E-state index contributed by atoms with van der Waals surface area (Å²) in [7, 11) is 0. The van der Waals surface area contributed by atoms with Gasteiger partial charge in [-0.2, -0.15) is 5.26 Å². The quantitative estimate of drug-likeness (QED) is 0.850. The molecule has 22 heavy (non-hydrogen) atoms. The Labute approximate surface area is 128 Å². The van der Waals surface area contributed by atoms with Crippen LogP contribution in [0.5, 0.6) is 0 Å². The van der Waals surface area contributed by atoms with E-state index in [0.717, 1.165) is 37.6 Å². The molecule has 112 valence electrons. The summed E-state index contributed by atoms with van der Waals surface area (Å²) in [5, 5.41) is 9.00. The third kappa shape index (κ3) is 2.98. The summed E-state index contributed by atoms with van der Waals surface area (Å²) in [4.78, 5) is 13.0. The van der Waals surface area contributed by atoms with Gasteiger partial charge >= 0.3 is 0 Å². The van der Waals surface area contributed by atoms with Crippen LogP contribution >= 0.6 is 0 Å². The second-order valence-corrected chi connectivity index (χ2v) is 5.26. The normalized spacial score (nSPS) is 14.8. The molecule has 1 saturated heterocycles. The molecule has 0 bridgehead atoms. The molecule has 1 aromatic carbocycles. The molecule has 1 aliphatic heterocycles. The number of benzene rings is 1. The van der Waals surface area contributed by atoms with Crippen LogP contribution in [0.25, 0.3) is 0 Å². The van der Waals surface area contributed by atoms with Crippen molar-refractivity contribution in [3.63, 3.8) is 0 Å². The van der Waals surface area contributed by atoms with Crippen LogP contribution < -0.4 is 9.80 Å². The van der Waals surface area contributed by atoms with Crippen LogP contribution in [0.2, 0.25) is 0 Å². The molecule has 1 fully saturated rings. The first kappa shape index (κ1) is 14.3. The van der Waals surface area contributed by atoms with E-state index in [1.165, 1.54) is 12.1 Å². The number of hydrogen-bond acceptors (Lipinski definition) is 5. The molecule has 0 spiro atoms. The maximum absolute atomic E-state index is 13.0. The van der Waals surface area contributed by atoms with E-state index in [9.17, 15) is 4.39 Å². The van der Waals surface area contributed by atoms with Gasteiger partial charge in [-0.25, -0.2) is 14.4 Å². The fraction of sp³-hybridized carbons (Fsp3) is 0.312. The van der Waals surface area contributed by atoms with Gasteiger partial charge in [-0.1, -0.05) is 0 Å². The lowest BCUT2D eigenvalue weighted by Crippen LogP contribution is -2.47. The zero-order valence-corrected chi connectivity index (χ0v) is 12.3. The summed E-state index contributed by atoms with van der Waals surface area (Å²) < 4.78 is 13.0. The minimum Gasteiger partial charge on any atom is -0.368 e. The van der Waals surface area contributed by atoms with Crippen molar-refractivity contribution in [3.05, 3.63) is 47.5 Å². The maximum Gasteiger partial charge on any atom is 0.226 e. The van der Waals surface area contributed by atoms with Gasteiger partial charge in [0, 0.05) is 37.6 Å². The minimum atomic E-state index is -0.223. The number of hydrogen-bond donors (Lipinski definition) is 0. The number of aromatic nitrogens is 2. The Balaban J connectivity index is 1.70. The van der Waals surface area contributed by atoms with Gasteiger partial charge in [-0.05, 0) is 37.3 Å². The van der Waals surface area contributed by atoms with E-state index in [1.54, 1.807) is 18.2 Å². The van der Waals surface area contributed by atoms with Crippen LogP contribution in [0, 0.1) is 24.1 Å². The van der Waals surface area contributed by atoms with Gasteiger partial charge in [0.1, 0.15) is 17.6 Å². The van der Waals surface area contributed by atoms with Crippen LogP contribution in [0.15, 0.2) is 30.3 Å². The van der Waals surface area contributed by atoms with Crippen molar-refractivity contribution >= 4 is 11.6 Å². The number of nitrogens with zero attached hydrogens (tertiary/aromatic N) is 5. The minimum absolute atomic E-state index is 0.223. The Morgan fingerprint density at radius 2 is 1.68 bits per heavy atom. The van der Waals surface area contributed by atoms with Crippen LogP contribution in [-0.2, 0) is 0 Å². The number of piperazine rings is 1. The van der Waals surface area contributed by atoms with E-state index in [0.29, 0.717) is 11.6 Å². The third-order valence-electron chi connectivity index (χ3n) is 3.71. The van der Waals surface area contributed by atoms with E-state index in [4.69, 9.17) is 5.26 Å². The topological polar surface area (TPSA) is 56.1 Å². The van der Waals surface area contributed by atoms with Crippen LogP contribution in [0.4, 0.5) is 16.0 Å². The molecule has 0 unspecified atom stereocenters. The first-order chi connectivity index (χ1) is 10.7. The molecular formula is C16H16FN5. The van der Waals surface area contributed by atoms with Gasteiger partial charge in [-0.15, -0.1) is 0 Å². The average molecular weight is 297 g/mol. The monoisotopic (exact) mass is 297 g/mol. The van der Waals surface area contributed by atoms with Crippen molar-refractivity contribution in [2.75, 3.05) is 36.0 Å². The van der Waals surface area contributed by atoms with E-state index >= 15 is 0 Å². The molecule has 6 heteroatoms. The fourth-order valence-corrected chi connectivity index (χ4v) is 2.57. The van der Waals surface area contributed by atoms with Crippen molar-refractivity contribution < 1.29 is 4.39 Å². The van der Waals surface area contributed by atoms with Crippen LogP contribution in [-0.4, -0.2) is 36.1 Å². The number of rotatable bonds is 2.